The summed E-state index contributed by atoms with van der Waals surface area (Å²) in [6, 6.07) is 6.89. The number of carbonyl (C=O) groups excluding carboxylic acids is 2. The highest BCUT2D eigenvalue weighted by molar-refractivity contribution is 6.30. The van der Waals surface area contributed by atoms with Crippen LogP contribution in [0.1, 0.15) is 24.8 Å². The van der Waals surface area contributed by atoms with Gasteiger partial charge >= 0.3 is 6.09 Å². The molecule has 138 valence electrons. The summed E-state index contributed by atoms with van der Waals surface area (Å²) in [5.74, 6) is -0.182. The predicted octanol–water partition coefficient (Wildman–Crippen LogP) is 2.97. The number of nitrogens with one attached hydrogen (secondary N) is 2. The van der Waals surface area contributed by atoms with E-state index < -0.39 is 12.1 Å². The highest BCUT2D eigenvalue weighted by atomic mass is 35.5. The summed E-state index contributed by atoms with van der Waals surface area (Å²) in [7, 11) is 1.33. The molecule has 1 fully saturated rings. The van der Waals surface area contributed by atoms with E-state index in [2.05, 4.69) is 15.5 Å². The molecule has 0 aliphatic carbocycles. The van der Waals surface area contributed by atoms with Gasteiger partial charge in [0.2, 0.25) is 5.91 Å². The van der Waals surface area contributed by atoms with Crippen LogP contribution in [0, 0.1) is 0 Å². The second-order valence-electron chi connectivity index (χ2n) is 6.17. The molecule has 2 heterocycles. The van der Waals surface area contributed by atoms with Gasteiger partial charge in [-0.05, 0) is 37.0 Å². The van der Waals surface area contributed by atoms with Gasteiger partial charge in [0.15, 0.2) is 0 Å². The van der Waals surface area contributed by atoms with E-state index in [1.165, 1.54) is 12.0 Å². The average Bonchev–Trinajstić information content (AvgIpc) is 3.14. The molecule has 0 spiro atoms. The highest BCUT2D eigenvalue weighted by Crippen LogP contribution is 2.23. The molecular formula is C18H21ClN4O3. The Kier molecular flexibility index (Phi) is 5.78. The maximum Gasteiger partial charge on any atom is 0.410 e. The van der Waals surface area contributed by atoms with Crippen LogP contribution in [0.2, 0.25) is 5.02 Å². The first kappa shape index (κ1) is 18.3. The van der Waals surface area contributed by atoms with Gasteiger partial charge in [0, 0.05) is 23.7 Å². The Balaban J connectivity index is 1.67. The molecule has 0 saturated carbocycles. The molecule has 1 aromatic heterocycles. The van der Waals surface area contributed by atoms with Gasteiger partial charge in [-0.15, -0.1) is 0 Å². The molecule has 1 aromatic carbocycles. The number of amides is 2. The standard InChI is InChI=1S/C18H21ClN4O3/c1-26-18(25)23-9-3-2-4-15(23)17(24)20-10-13-11-21-22-16(13)12-5-7-14(19)8-6-12/h5-8,11,15H,2-4,9-10H2,1H3,(H,20,24)(H,21,22)/t15-/m1/s1. The lowest BCUT2D eigenvalue weighted by Crippen LogP contribution is -2.51. The van der Waals surface area contributed by atoms with Crippen LogP contribution < -0.4 is 5.32 Å². The Morgan fingerprint density at radius 1 is 1.35 bits per heavy atom. The van der Waals surface area contributed by atoms with Crippen LogP contribution in [0.15, 0.2) is 30.5 Å². The topological polar surface area (TPSA) is 87.3 Å². The Bertz CT molecular complexity index is 775. The molecule has 2 N–H and O–H groups in total. The van der Waals surface area contributed by atoms with E-state index in [0.29, 0.717) is 24.5 Å². The maximum absolute atomic E-state index is 12.6. The number of piperidine rings is 1. The van der Waals surface area contributed by atoms with Crippen molar-refractivity contribution >= 4 is 23.6 Å². The van der Waals surface area contributed by atoms with Gasteiger partial charge in [-0.3, -0.25) is 14.8 Å². The van der Waals surface area contributed by atoms with Crippen molar-refractivity contribution in [3.63, 3.8) is 0 Å². The van der Waals surface area contributed by atoms with Crippen LogP contribution in [-0.4, -0.2) is 46.8 Å². The van der Waals surface area contributed by atoms with Crippen LogP contribution in [0.25, 0.3) is 11.3 Å². The molecule has 8 heteroatoms. The first-order valence-electron chi connectivity index (χ1n) is 8.50. The summed E-state index contributed by atoms with van der Waals surface area (Å²) in [4.78, 5) is 26.0. The minimum atomic E-state index is -0.498. The average molecular weight is 377 g/mol. The number of methoxy groups -OCH3 is 1. The van der Waals surface area contributed by atoms with Gasteiger partial charge in [0.25, 0.3) is 0 Å². The molecule has 1 aliphatic rings. The van der Waals surface area contributed by atoms with Crippen molar-refractivity contribution < 1.29 is 14.3 Å². The molecule has 0 unspecified atom stereocenters. The lowest BCUT2D eigenvalue weighted by molar-refractivity contribution is -0.127. The van der Waals surface area contributed by atoms with Crippen LogP contribution in [0.3, 0.4) is 0 Å². The number of rotatable bonds is 4. The van der Waals surface area contributed by atoms with Crippen molar-refractivity contribution in [1.82, 2.24) is 20.4 Å². The summed E-state index contributed by atoms with van der Waals surface area (Å²) in [6.07, 6.45) is 3.64. The van der Waals surface area contributed by atoms with Crippen molar-refractivity contribution in [2.24, 2.45) is 0 Å². The zero-order chi connectivity index (χ0) is 18.5. The first-order valence-corrected chi connectivity index (χ1v) is 8.88. The number of ether oxygens (including phenoxy) is 1. The number of halogens is 1. The van der Waals surface area contributed by atoms with Crippen molar-refractivity contribution in [2.75, 3.05) is 13.7 Å². The number of aromatic nitrogens is 2. The second-order valence-corrected chi connectivity index (χ2v) is 6.61. The van der Waals surface area contributed by atoms with Crippen molar-refractivity contribution in [1.29, 1.82) is 0 Å². The third kappa shape index (κ3) is 3.99. The number of aromatic amines is 1. The largest absolute Gasteiger partial charge is 0.453 e. The lowest BCUT2D eigenvalue weighted by Gasteiger charge is -2.33. The molecule has 0 radical (unpaired) electrons. The van der Waals surface area contributed by atoms with Crippen LogP contribution in [-0.2, 0) is 16.1 Å². The number of carbonyl (C=O) groups is 2. The Morgan fingerprint density at radius 3 is 2.85 bits per heavy atom. The van der Waals surface area contributed by atoms with Gasteiger partial charge in [-0.25, -0.2) is 4.79 Å². The van der Waals surface area contributed by atoms with Crippen molar-refractivity contribution in [2.45, 2.75) is 31.8 Å². The fraction of sp³-hybridized carbons (Fsp3) is 0.389. The normalized spacial score (nSPS) is 17.0. The Labute approximate surface area is 156 Å². The smallest absolute Gasteiger partial charge is 0.410 e. The van der Waals surface area contributed by atoms with Gasteiger partial charge < -0.3 is 10.1 Å². The molecule has 3 rings (SSSR count). The molecular weight excluding hydrogens is 356 g/mol. The number of benzene rings is 1. The SMILES string of the molecule is COC(=O)N1CCCC[C@@H]1C(=O)NCc1cn[nH]c1-c1ccc(Cl)cc1. The van der Waals surface area contributed by atoms with E-state index in [1.54, 1.807) is 18.3 Å². The summed E-state index contributed by atoms with van der Waals surface area (Å²) < 4.78 is 4.79. The third-order valence-corrected chi connectivity index (χ3v) is 4.77. The quantitative estimate of drug-likeness (QED) is 0.858. The van der Waals surface area contributed by atoms with E-state index in [4.69, 9.17) is 16.3 Å². The summed E-state index contributed by atoms with van der Waals surface area (Å²) >= 11 is 5.93. The zero-order valence-corrected chi connectivity index (χ0v) is 15.3. The number of likely N-dealkylation sites (tertiary alicyclic amines) is 1. The number of H-pyrrole nitrogens is 1. The fourth-order valence-electron chi connectivity index (χ4n) is 3.15. The van der Waals surface area contributed by atoms with Crippen molar-refractivity contribution in [3.05, 3.63) is 41.0 Å². The minimum Gasteiger partial charge on any atom is -0.453 e. The fourth-order valence-corrected chi connectivity index (χ4v) is 3.28. The van der Waals surface area contributed by atoms with Gasteiger partial charge in [-0.2, -0.15) is 5.10 Å². The molecule has 1 atom stereocenters. The third-order valence-electron chi connectivity index (χ3n) is 4.52. The summed E-state index contributed by atoms with van der Waals surface area (Å²) in [6.45, 7) is 0.852. The molecule has 0 bridgehead atoms. The first-order chi connectivity index (χ1) is 12.6. The number of hydrogen-bond donors (Lipinski definition) is 2. The lowest BCUT2D eigenvalue weighted by atomic mass is 10.0. The monoisotopic (exact) mass is 376 g/mol. The Morgan fingerprint density at radius 2 is 2.12 bits per heavy atom. The summed E-state index contributed by atoms with van der Waals surface area (Å²) in [5, 5.41) is 10.6. The number of hydrogen-bond acceptors (Lipinski definition) is 4. The maximum atomic E-state index is 12.6. The van der Waals surface area contributed by atoms with E-state index in [0.717, 1.165) is 29.7 Å². The van der Waals surface area contributed by atoms with E-state index in [9.17, 15) is 9.59 Å². The molecule has 7 nitrogen and oxygen atoms in total. The van der Waals surface area contributed by atoms with Gasteiger partial charge in [-0.1, -0.05) is 23.7 Å². The summed E-state index contributed by atoms with van der Waals surface area (Å²) in [5.41, 5.74) is 2.63. The second kappa shape index (κ2) is 8.23. The van der Waals surface area contributed by atoms with Crippen molar-refractivity contribution in [3.8, 4) is 11.3 Å². The molecule has 1 aliphatic heterocycles. The highest BCUT2D eigenvalue weighted by Gasteiger charge is 2.32. The molecule has 2 amide bonds. The van der Waals surface area contributed by atoms with E-state index >= 15 is 0 Å². The zero-order valence-electron chi connectivity index (χ0n) is 14.5. The molecule has 2 aromatic rings. The molecule has 1 saturated heterocycles. The van der Waals surface area contributed by atoms with Crippen LogP contribution in [0.4, 0.5) is 4.79 Å². The van der Waals surface area contributed by atoms with Gasteiger partial charge in [0.05, 0.1) is 19.0 Å². The van der Waals surface area contributed by atoms with Crippen LogP contribution in [0.5, 0.6) is 0 Å². The molecule has 26 heavy (non-hydrogen) atoms. The number of nitrogens with zero attached hydrogens (tertiary/aromatic N) is 2. The van der Waals surface area contributed by atoms with Gasteiger partial charge in [0.1, 0.15) is 6.04 Å². The minimum absolute atomic E-state index is 0.182. The van der Waals surface area contributed by atoms with E-state index in [1.807, 2.05) is 12.1 Å². The Hall–Kier alpha value is -2.54. The van der Waals surface area contributed by atoms with E-state index in [-0.39, 0.29) is 5.91 Å². The predicted molar refractivity (Wildman–Crippen MR) is 97.6 cm³/mol. The van der Waals surface area contributed by atoms with Crippen LogP contribution >= 0.6 is 11.6 Å².